The van der Waals surface area contributed by atoms with Crippen molar-refractivity contribution in [3.05, 3.63) is 65.2 Å². The number of carbonyl (C=O) groups is 1. The van der Waals surface area contributed by atoms with E-state index in [2.05, 4.69) is 17.4 Å². The van der Waals surface area contributed by atoms with E-state index in [1.807, 2.05) is 12.1 Å². The van der Waals surface area contributed by atoms with Gasteiger partial charge in [0.15, 0.2) is 9.84 Å². The van der Waals surface area contributed by atoms with Gasteiger partial charge in [0, 0.05) is 11.8 Å². The van der Waals surface area contributed by atoms with Gasteiger partial charge in [-0.15, -0.1) is 0 Å². The number of nitrogens with one attached hydrogen (secondary N) is 1. The van der Waals surface area contributed by atoms with E-state index in [9.17, 15) is 13.2 Å². The Balaban J connectivity index is 1.78. The molecule has 2 aromatic carbocycles. The van der Waals surface area contributed by atoms with Crippen LogP contribution in [0.15, 0.2) is 53.4 Å². The minimum Gasteiger partial charge on any atom is -0.345 e. The maximum atomic E-state index is 12.4. The highest BCUT2D eigenvalue weighted by Gasteiger charge is 2.22. The van der Waals surface area contributed by atoms with Crippen molar-refractivity contribution in [2.24, 2.45) is 0 Å². The molecule has 1 N–H and O–H groups in total. The fraction of sp³-hybridized carbons (Fsp3) is 0.278. The van der Waals surface area contributed by atoms with Gasteiger partial charge in [0.25, 0.3) is 5.91 Å². The summed E-state index contributed by atoms with van der Waals surface area (Å²) in [6.07, 6.45) is 4.17. The fourth-order valence-electron chi connectivity index (χ4n) is 3.00. The summed E-state index contributed by atoms with van der Waals surface area (Å²) in [4.78, 5) is 12.6. The maximum Gasteiger partial charge on any atom is 0.251 e. The second-order valence-corrected chi connectivity index (χ2v) is 7.93. The zero-order chi connectivity index (χ0) is 16.4. The molecule has 5 heteroatoms. The Morgan fingerprint density at radius 1 is 1.09 bits per heavy atom. The van der Waals surface area contributed by atoms with Gasteiger partial charge in [0.05, 0.1) is 10.9 Å². The van der Waals surface area contributed by atoms with Gasteiger partial charge in [-0.25, -0.2) is 8.42 Å². The third-order valence-corrected chi connectivity index (χ3v) is 5.35. The van der Waals surface area contributed by atoms with Gasteiger partial charge in [0.1, 0.15) is 0 Å². The van der Waals surface area contributed by atoms with Crippen LogP contribution in [-0.2, 0) is 16.3 Å². The molecule has 0 heterocycles. The molecule has 1 atom stereocenters. The van der Waals surface area contributed by atoms with Gasteiger partial charge in [-0.1, -0.05) is 24.3 Å². The summed E-state index contributed by atoms with van der Waals surface area (Å²) in [5.41, 5.74) is 2.94. The van der Waals surface area contributed by atoms with Gasteiger partial charge in [-0.3, -0.25) is 4.79 Å². The Labute approximate surface area is 136 Å². The van der Waals surface area contributed by atoms with Crippen LogP contribution in [-0.4, -0.2) is 20.6 Å². The summed E-state index contributed by atoms with van der Waals surface area (Å²) in [5, 5.41) is 3.06. The van der Waals surface area contributed by atoms with E-state index in [1.54, 1.807) is 12.1 Å². The van der Waals surface area contributed by atoms with Crippen molar-refractivity contribution >= 4 is 15.7 Å². The predicted octanol–water partition coefficient (Wildman–Crippen LogP) is 2.90. The molecule has 0 bridgehead atoms. The molecule has 0 aliphatic heterocycles. The lowest BCUT2D eigenvalue weighted by molar-refractivity contribution is 0.0932. The molecule has 4 nitrogen and oxygen atoms in total. The van der Waals surface area contributed by atoms with Crippen molar-refractivity contribution in [1.82, 2.24) is 5.32 Å². The molecule has 3 rings (SSSR count). The molecule has 0 radical (unpaired) electrons. The summed E-state index contributed by atoms with van der Waals surface area (Å²) in [5.74, 6) is -0.174. The van der Waals surface area contributed by atoms with Gasteiger partial charge in [-0.05, 0) is 54.7 Å². The Hall–Kier alpha value is -2.14. The lowest BCUT2D eigenvalue weighted by Crippen LogP contribution is -2.30. The summed E-state index contributed by atoms with van der Waals surface area (Å²) in [6, 6.07) is 14.2. The molecule has 23 heavy (non-hydrogen) atoms. The first-order valence-corrected chi connectivity index (χ1v) is 9.53. The molecule has 0 fully saturated rings. The molecule has 1 aliphatic rings. The monoisotopic (exact) mass is 329 g/mol. The Morgan fingerprint density at radius 3 is 2.48 bits per heavy atom. The maximum absolute atomic E-state index is 12.4. The van der Waals surface area contributed by atoms with Crippen LogP contribution < -0.4 is 5.32 Å². The number of hydrogen-bond donors (Lipinski definition) is 1. The average Bonchev–Trinajstić information content (AvgIpc) is 2.54. The van der Waals surface area contributed by atoms with Crippen LogP contribution in [0.4, 0.5) is 0 Å². The number of amides is 1. The molecule has 120 valence electrons. The second kappa shape index (κ2) is 6.16. The van der Waals surface area contributed by atoms with Gasteiger partial charge >= 0.3 is 0 Å². The molecule has 0 aromatic heterocycles. The van der Waals surface area contributed by atoms with Crippen molar-refractivity contribution in [2.45, 2.75) is 30.2 Å². The van der Waals surface area contributed by atoms with Crippen LogP contribution in [0.3, 0.4) is 0 Å². The smallest absolute Gasteiger partial charge is 0.251 e. The Bertz CT molecular complexity index is 826. The molecule has 0 unspecified atom stereocenters. The van der Waals surface area contributed by atoms with E-state index in [-0.39, 0.29) is 16.8 Å². The molecule has 1 aliphatic carbocycles. The fourth-order valence-corrected chi connectivity index (χ4v) is 3.63. The first-order valence-electron chi connectivity index (χ1n) is 7.64. The highest BCUT2D eigenvalue weighted by molar-refractivity contribution is 7.90. The normalized spacial score (nSPS) is 17.3. The summed E-state index contributed by atoms with van der Waals surface area (Å²) >= 11 is 0. The molecular formula is C18H19NO3S. The predicted molar refractivity (Wildman–Crippen MR) is 89.1 cm³/mol. The van der Waals surface area contributed by atoms with Crippen molar-refractivity contribution in [1.29, 1.82) is 0 Å². The molecule has 0 saturated heterocycles. The van der Waals surface area contributed by atoms with E-state index in [1.165, 1.54) is 23.3 Å². The standard InChI is InChI=1S/C18H19NO3S/c1-23(21,22)15-11-9-14(10-12-15)18(20)19-17-8-4-6-13-5-2-3-7-16(13)17/h2-3,5,7,9-12,17H,4,6,8H2,1H3,(H,19,20)/t17-/m1/s1. The van der Waals surface area contributed by atoms with E-state index < -0.39 is 9.84 Å². The Kier molecular flexibility index (Phi) is 4.22. The minimum absolute atomic E-state index is 0.0158. The van der Waals surface area contributed by atoms with Crippen molar-refractivity contribution in [3.63, 3.8) is 0 Å². The van der Waals surface area contributed by atoms with Crippen LogP contribution in [0, 0.1) is 0 Å². The molecular weight excluding hydrogens is 310 g/mol. The van der Waals surface area contributed by atoms with Crippen LogP contribution in [0.1, 0.15) is 40.4 Å². The van der Waals surface area contributed by atoms with Gasteiger partial charge in [-0.2, -0.15) is 0 Å². The van der Waals surface area contributed by atoms with Crippen LogP contribution >= 0.6 is 0 Å². The molecule has 0 saturated carbocycles. The molecule has 0 spiro atoms. The zero-order valence-corrected chi connectivity index (χ0v) is 13.8. The number of carbonyl (C=O) groups excluding carboxylic acids is 1. The first-order chi connectivity index (χ1) is 10.9. The number of benzene rings is 2. The van der Waals surface area contributed by atoms with Crippen LogP contribution in [0.5, 0.6) is 0 Å². The average molecular weight is 329 g/mol. The highest BCUT2D eigenvalue weighted by Crippen LogP contribution is 2.29. The summed E-state index contributed by atoms with van der Waals surface area (Å²) < 4.78 is 22.9. The number of rotatable bonds is 3. The van der Waals surface area contributed by atoms with Crippen LogP contribution in [0.2, 0.25) is 0 Å². The zero-order valence-electron chi connectivity index (χ0n) is 13.0. The lowest BCUT2D eigenvalue weighted by atomic mass is 9.87. The second-order valence-electron chi connectivity index (χ2n) is 5.91. The minimum atomic E-state index is -3.24. The first kappa shape index (κ1) is 15.7. The van der Waals surface area contributed by atoms with E-state index in [0.717, 1.165) is 25.5 Å². The molecule has 1 amide bonds. The van der Waals surface area contributed by atoms with Crippen LogP contribution in [0.25, 0.3) is 0 Å². The number of fused-ring (bicyclic) bond motifs is 1. The third kappa shape index (κ3) is 3.45. The summed E-state index contributed by atoms with van der Waals surface area (Å²) in [6.45, 7) is 0. The quantitative estimate of drug-likeness (QED) is 0.942. The van der Waals surface area contributed by atoms with E-state index >= 15 is 0 Å². The van der Waals surface area contributed by atoms with Gasteiger partial charge in [0.2, 0.25) is 0 Å². The SMILES string of the molecule is CS(=O)(=O)c1ccc(C(=O)N[C@@H]2CCCc3ccccc32)cc1. The van der Waals surface area contributed by atoms with E-state index in [0.29, 0.717) is 5.56 Å². The molecule has 2 aromatic rings. The third-order valence-electron chi connectivity index (χ3n) is 4.22. The highest BCUT2D eigenvalue weighted by atomic mass is 32.2. The topological polar surface area (TPSA) is 63.2 Å². The van der Waals surface area contributed by atoms with Crippen molar-refractivity contribution in [3.8, 4) is 0 Å². The summed E-state index contributed by atoms with van der Waals surface area (Å²) in [7, 11) is -3.24. The Morgan fingerprint density at radius 2 is 1.78 bits per heavy atom. The van der Waals surface area contributed by atoms with E-state index in [4.69, 9.17) is 0 Å². The number of hydrogen-bond acceptors (Lipinski definition) is 3. The lowest BCUT2D eigenvalue weighted by Gasteiger charge is -2.26. The van der Waals surface area contributed by atoms with Crippen molar-refractivity contribution in [2.75, 3.05) is 6.26 Å². The largest absolute Gasteiger partial charge is 0.345 e. The van der Waals surface area contributed by atoms with Crippen molar-refractivity contribution < 1.29 is 13.2 Å². The number of sulfone groups is 1. The van der Waals surface area contributed by atoms with Gasteiger partial charge < -0.3 is 5.32 Å². The number of aryl methyl sites for hydroxylation is 1.